The average Bonchev–Trinajstić information content (AvgIpc) is 2.34. The van der Waals surface area contributed by atoms with Crippen LogP contribution in [-0.2, 0) is 0 Å². The van der Waals surface area contributed by atoms with E-state index in [0.29, 0.717) is 11.5 Å². The van der Waals surface area contributed by atoms with Crippen LogP contribution in [0.3, 0.4) is 0 Å². The van der Waals surface area contributed by atoms with Crippen LogP contribution in [0.1, 0.15) is 35.7 Å². The summed E-state index contributed by atoms with van der Waals surface area (Å²) in [4.78, 5) is 11.9. The van der Waals surface area contributed by atoms with Crippen LogP contribution in [-0.4, -0.2) is 23.7 Å². The Labute approximate surface area is 111 Å². The second-order valence-electron chi connectivity index (χ2n) is 4.90. The molecular formula is C15H16FNO2. The van der Waals surface area contributed by atoms with Crippen molar-refractivity contribution in [1.82, 2.24) is 5.32 Å². The third kappa shape index (κ3) is 3.33. The van der Waals surface area contributed by atoms with Crippen LogP contribution in [0.25, 0.3) is 0 Å². The fourth-order valence-corrected chi connectivity index (χ4v) is 2.20. The smallest absolute Gasteiger partial charge is 0.254 e. The van der Waals surface area contributed by atoms with Gasteiger partial charge >= 0.3 is 0 Å². The third-order valence-corrected chi connectivity index (χ3v) is 3.23. The SMILES string of the molecule is CC1CC(NC(=O)c2ccc(C#CCO)cc2F)C1. The van der Waals surface area contributed by atoms with Gasteiger partial charge in [0.2, 0.25) is 0 Å². The van der Waals surface area contributed by atoms with Crippen LogP contribution < -0.4 is 5.32 Å². The lowest BCUT2D eigenvalue weighted by molar-refractivity contribution is 0.0892. The minimum Gasteiger partial charge on any atom is -0.384 e. The molecule has 2 rings (SSSR count). The van der Waals surface area contributed by atoms with Crippen LogP contribution >= 0.6 is 0 Å². The molecule has 100 valence electrons. The molecule has 1 aliphatic carbocycles. The molecule has 1 aliphatic rings. The maximum atomic E-state index is 13.8. The Balaban J connectivity index is 2.05. The van der Waals surface area contributed by atoms with E-state index in [1.165, 1.54) is 12.1 Å². The van der Waals surface area contributed by atoms with Gasteiger partial charge < -0.3 is 10.4 Å². The van der Waals surface area contributed by atoms with Gasteiger partial charge in [-0.2, -0.15) is 0 Å². The van der Waals surface area contributed by atoms with Gasteiger partial charge in [-0.25, -0.2) is 4.39 Å². The summed E-state index contributed by atoms with van der Waals surface area (Å²) in [5.74, 6) is 4.70. The normalized spacial score (nSPS) is 21.0. The van der Waals surface area contributed by atoms with Gasteiger partial charge in [-0.3, -0.25) is 4.79 Å². The minimum absolute atomic E-state index is 0.0362. The van der Waals surface area contributed by atoms with Crippen LogP contribution in [0.5, 0.6) is 0 Å². The van der Waals surface area contributed by atoms with E-state index in [1.54, 1.807) is 6.07 Å². The highest BCUT2D eigenvalue weighted by Crippen LogP contribution is 2.26. The number of halogens is 1. The van der Waals surface area contributed by atoms with Gasteiger partial charge in [0.15, 0.2) is 0 Å². The van der Waals surface area contributed by atoms with Crippen LogP contribution in [0.2, 0.25) is 0 Å². The zero-order valence-electron chi connectivity index (χ0n) is 10.7. The Hall–Kier alpha value is -1.86. The number of nitrogens with one attached hydrogen (secondary N) is 1. The Kier molecular flexibility index (Phi) is 4.18. The molecule has 1 saturated carbocycles. The maximum absolute atomic E-state index is 13.8. The molecule has 0 aromatic heterocycles. The summed E-state index contributed by atoms with van der Waals surface area (Å²) in [6, 6.07) is 4.37. The first-order valence-electron chi connectivity index (χ1n) is 6.30. The van der Waals surface area contributed by atoms with E-state index in [4.69, 9.17) is 5.11 Å². The van der Waals surface area contributed by atoms with Crippen molar-refractivity contribution in [2.75, 3.05) is 6.61 Å². The third-order valence-electron chi connectivity index (χ3n) is 3.23. The van der Waals surface area contributed by atoms with Crippen LogP contribution in [0, 0.1) is 23.6 Å². The first-order chi connectivity index (χ1) is 9.10. The zero-order chi connectivity index (χ0) is 13.8. The summed E-state index contributed by atoms with van der Waals surface area (Å²) >= 11 is 0. The molecule has 0 radical (unpaired) electrons. The van der Waals surface area contributed by atoms with Gasteiger partial charge in [-0.1, -0.05) is 18.8 Å². The fraction of sp³-hybridized carbons (Fsp3) is 0.400. The van der Waals surface area contributed by atoms with Crippen LogP contribution in [0.4, 0.5) is 4.39 Å². The Morgan fingerprint density at radius 3 is 2.84 bits per heavy atom. The highest BCUT2D eigenvalue weighted by Gasteiger charge is 2.27. The van der Waals surface area contributed by atoms with Gasteiger partial charge in [0, 0.05) is 11.6 Å². The summed E-state index contributed by atoms with van der Waals surface area (Å²) in [7, 11) is 0. The van der Waals surface area contributed by atoms with E-state index >= 15 is 0 Å². The molecule has 0 spiro atoms. The van der Waals surface area contributed by atoms with Crippen molar-refractivity contribution < 1.29 is 14.3 Å². The number of rotatable bonds is 2. The second kappa shape index (κ2) is 5.85. The predicted molar refractivity (Wildman–Crippen MR) is 70.0 cm³/mol. The van der Waals surface area contributed by atoms with E-state index in [1.807, 2.05) is 0 Å². The Bertz CT molecular complexity index is 539. The van der Waals surface area contributed by atoms with Gasteiger partial charge in [0.05, 0.1) is 5.56 Å². The van der Waals surface area contributed by atoms with Crippen molar-refractivity contribution in [3.8, 4) is 11.8 Å². The van der Waals surface area contributed by atoms with Crippen LogP contribution in [0.15, 0.2) is 18.2 Å². The number of hydrogen-bond acceptors (Lipinski definition) is 2. The topological polar surface area (TPSA) is 49.3 Å². The molecule has 0 aliphatic heterocycles. The molecule has 3 nitrogen and oxygen atoms in total. The van der Waals surface area contributed by atoms with Gasteiger partial charge in [0.1, 0.15) is 12.4 Å². The summed E-state index contributed by atoms with van der Waals surface area (Å²) in [5.41, 5.74) is 0.481. The standard InChI is InChI=1S/C15H16FNO2/c1-10-7-12(8-10)17-15(19)13-5-4-11(3-2-6-18)9-14(13)16/h4-5,9-10,12,18H,6-8H2,1H3,(H,17,19). The average molecular weight is 261 g/mol. The summed E-state index contributed by atoms with van der Waals surface area (Å²) in [5, 5.41) is 11.4. The van der Waals surface area contributed by atoms with Crippen molar-refractivity contribution in [1.29, 1.82) is 0 Å². The molecular weight excluding hydrogens is 245 g/mol. The first-order valence-corrected chi connectivity index (χ1v) is 6.30. The molecule has 1 aromatic rings. The molecule has 0 heterocycles. The van der Waals surface area contributed by atoms with Crippen molar-refractivity contribution >= 4 is 5.91 Å². The lowest BCUT2D eigenvalue weighted by Crippen LogP contribution is -2.43. The molecule has 0 unspecified atom stereocenters. The quantitative estimate of drug-likeness (QED) is 0.796. The number of aliphatic hydroxyl groups excluding tert-OH is 1. The fourth-order valence-electron chi connectivity index (χ4n) is 2.20. The van der Waals surface area contributed by atoms with Crippen molar-refractivity contribution in [2.24, 2.45) is 5.92 Å². The molecule has 0 atom stereocenters. The molecule has 1 aromatic carbocycles. The molecule has 4 heteroatoms. The van der Waals surface area contributed by atoms with Gasteiger partial charge in [-0.05, 0) is 37.0 Å². The van der Waals surface area contributed by atoms with E-state index in [9.17, 15) is 9.18 Å². The lowest BCUT2D eigenvalue weighted by Gasteiger charge is -2.33. The van der Waals surface area contributed by atoms with Crippen molar-refractivity contribution in [3.63, 3.8) is 0 Å². The van der Waals surface area contributed by atoms with E-state index in [0.717, 1.165) is 12.8 Å². The highest BCUT2D eigenvalue weighted by molar-refractivity contribution is 5.94. The van der Waals surface area contributed by atoms with Gasteiger partial charge in [0.25, 0.3) is 5.91 Å². The molecule has 1 amide bonds. The number of carbonyl (C=O) groups is 1. The van der Waals surface area contributed by atoms with E-state index in [-0.39, 0.29) is 24.1 Å². The first kappa shape index (κ1) is 13.6. The molecule has 1 fully saturated rings. The van der Waals surface area contributed by atoms with Crippen molar-refractivity contribution in [3.05, 3.63) is 35.1 Å². The largest absolute Gasteiger partial charge is 0.384 e. The monoisotopic (exact) mass is 261 g/mol. The Morgan fingerprint density at radius 1 is 1.53 bits per heavy atom. The number of carbonyl (C=O) groups excluding carboxylic acids is 1. The number of benzene rings is 1. The Morgan fingerprint density at radius 2 is 2.26 bits per heavy atom. The molecule has 19 heavy (non-hydrogen) atoms. The van der Waals surface area contributed by atoms with Gasteiger partial charge in [-0.15, -0.1) is 0 Å². The lowest BCUT2D eigenvalue weighted by atomic mass is 9.82. The number of aliphatic hydroxyl groups is 1. The summed E-state index contributed by atoms with van der Waals surface area (Å²) < 4.78 is 13.8. The summed E-state index contributed by atoms with van der Waals surface area (Å²) in [6.45, 7) is 1.85. The molecule has 0 bridgehead atoms. The summed E-state index contributed by atoms with van der Waals surface area (Å²) in [6.07, 6.45) is 1.90. The van der Waals surface area contributed by atoms with E-state index < -0.39 is 5.82 Å². The van der Waals surface area contributed by atoms with Crippen molar-refractivity contribution in [2.45, 2.75) is 25.8 Å². The second-order valence-corrected chi connectivity index (χ2v) is 4.90. The number of amides is 1. The van der Waals surface area contributed by atoms with E-state index in [2.05, 4.69) is 24.1 Å². The maximum Gasteiger partial charge on any atom is 0.254 e. The minimum atomic E-state index is -0.588. The molecule has 2 N–H and O–H groups in total. The predicted octanol–water partition coefficient (Wildman–Crippen LogP) is 1.70. The molecule has 0 saturated heterocycles. The number of hydrogen-bond donors (Lipinski definition) is 2. The highest BCUT2D eigenvalue weighted by atomic mass is 19.1. The zero-order valence-corrected chi connectivity index (χ0v) is 10.7.